The molecule has 3 aromatic rings. The minimum Gasteiger partial charge on any atom is -0.396 e. The normalized spacial score (nSPS) is 17.6. The van der Waals surface area contributed by atoms with E-state index in [0.717, 1.165) is 18.2 Å². The number of carbonyl (C=O) groups is 2. The summed E-state index contributed by atoms with van der Waals surface area (Å²) in [7, 11) is 0. The van der Waals surface area contributed by atoms with Crippen molar-refractivity contribution in [1.82, 2.24) is 14.8 Å². The Balaban J connectivity index is 0.00000242. The zero-order chi connectivity index (χ0) is 28.3. The van der Waals surface area contributed by atoms with Gasteiger partial charge >= 0.3 is 0 Å². The lowest BCUT2D eigenvalue weighted by Crippen LogP contribution is -2.48. The molecule has 0 saturated carbocycles. The third-order valence-electron chi connectivity index (χ3n) is 7.37. The zero-order valence-corrected chi connectivity index (χ0v) is 25.6. The predicted octanol–water partition coefficient (Wildman–Crippen LogP) is 5.56. The highest BCUT2D eigenvalue weighted by Gasteiger charge is 2.42. The van der Waals surface area contributed by atoms with Crippen molar-refractivity contribution in [3.05, 3.63) is 76.8 Å². The number of thiazole rings is 1. The van der Waals surface area contributed by atoms with Crippen molar-refractivity contribution < 1.29 is 23.5 Å². The average Bonchev–Trinajstić information content (AvgIpc) is 3.32. The van der Waals surface area contributed by atoms with Crippen molar-refractivity contribution in [2.45, 2.75) is 25.7 Å². The largest absolute Gasteiger partial charge is 0.396 e. The number of hydrogen-bond acceptors (Lipinski definition) is 6. The molecule has 42 heavy (non-hydrogen) atoms. The van der Waals surface area contributed by atoms with Crippen LogP contribution in [0.5, 0.6) is 0 Å². The molecule has 1 fully saturated rings. The van der Waals surface area contributed by atoms with Crippen molar-refractivity contribution in [2.75, 3.05) is 50.8 Å². The molecule has 0 radical (unpaired) electrons. The van der Waals surface area contributed by atoms with Gasteiger partial charge in [-0.25, -0.2) is 13.8 Å². The van der Waals surface area contributed by atoms with E-state index in [-0.39, 0.29) is 55.0 Å². The number of anilines is 1. The maximum atomic E-state index is 15.7. The number of aromatic nitrogens is 1. The number of amides is 2. The van der Waals surface area contributed by atoms with Gasteiger partial charge in [-0.1, -0.05) is 48.5 Å². The molecule has 0 atom stereocenters. The van der Waals surface area contributed by atoms with Crippen molar-refractivity contribution in [3.63, 3.8) is 0 Å². The fourth-order valence-corrected chi connectivity index (χ4v) is 6.18. The van der Waals surface area contributed by atoms with Crippen molar-refractivity contribution in [1.29, 1.82) is 0 Å². The Labute approximate surface area is 260 Å². The number of carbonyl (C=O) groups excluding carboxylic acids is 2. The number of aliphatic hydroxyl groups is 1. The van der Waals surface area contributed by atoms with Gasteiger partial charge in [0.15, 0.2) is 0 Å². The van der Waals surface area contributed by atoms with Crippen molar-refractivity contribution >= 4 is 59.2 Å². The molecule has 2 aliphatic heterocycles. The first-order valence-corrected chi connectivity index (χ1v) is 14.3. The first kappa shape index (κ1) is 33.6. The number of para-hydroxylation sites is 1. The second-order valence-corrected chi connectivity index (χ2v) is 11.0. The summed E-state index contributed by atoms with van der Waals surface area (Å²) in [6, 6.07) is 16.1. The standard InChI is InChI=1S/C30H32F2N4O3S.2ClH/c1-21-27(40-28(33-21)22-8-3-2-4-9-22)29(39)36-14-12-30(31,32)24(23-10-5-6-11-25(23)36)20-26(38)35-17-15-34(16-18-35)13-7-19-37;;/h2-6,8-11,20,37H,7,12-19H2,1H3;2*1H. The molecule has 226 valence electrons. The molecule has 1 saturated heterocycles. The molecule has 1 aromatic heterocycles. The lowest BCUT2D eigenvalue weighted by Gasteiger charge is -2.34. The van der Waals surface area contributed by atoms with Crippen LogP contribution < -0.4 is 4.90 Å². The average molecular weight is 640 g/mol. The first-order valence-electron chi connectivity index (χ1n) is 13.4. The maximum Gasteiger partial charge on any atom is 0.275 e. The van der Waals surface area contributed by atoms with Gasteiger partial charge in [0.25, 0.3) is 11.8 Å². The molecule has 2 aliphatic rings. The summed E-state index contributed by atoms with van der Waals surface area (Å²) in [4.78, 5) is 37.1. The molecule has 2 amide bonds. The number of halogens is 4. The molecule has 5 rings (SSSR count). The summed E-state index contributed by atoms with van der Waals surface area (Å²) < 4.78 is 31.3. The Bertz CT molecular complexity index is 1410. The number of alkyl halides is 2. The van der Waals surface area contributed by atoms with E-state index >= 15 is 8.78 Å². The molecular weight excluding hydrogens is 605 g/mol. The summed E-state index contributed by atoms with van der Waals surface area (Å²) in [6.07, 6.45) is 1.11. The topological polar surface area (TPSA) is 77.0 Å². The Kier molecular flexibility index (Phi) is 11.6. The highest BCUT2D eigenvalue weighted by molar-refractivity contribution is 7.17. The Morgan fingerprint density at radius 2 is 1.67 bits per heavy atom. The van der Waals surface area contributed by atoms with Crippen LogP contribution in [0, 0.1) is 6.92 Å². The van der Waals surface area contributed by atoms with Crippen molar-refractivity contribution in [3.8, 4) is 10.6 Å². The summed E-state index contributed by atoms with van der Waals surface area (Å²) in [5.74, 6) is -4.15. The third-order valence-corrected chi connectivity index (χ3v) is 8.56. The van der Waals surface area contributed by atoms with Gasteiger partial charge in [-0.2, -0.15) is 0 Å². The zero-order valence-electron chi connectivity index (χ0n) is 23.2. The Hall–Kier alpha value is -2.89. The van der Waals surface area contributed by atoms with Crippen LogP contribution in [0.4, 0.5) is 14.5 Å². The van der Waals surface area contributed by atoms with Crippen molar-refractivity contribution in [2.24, 2.45) is 0 Å². The molecular formula is C30H34Cl2F2N4O3S. The molecule has 1 N–H and O–H groups in total. The lowest BCUT2D eigenvalue weighted by molar-refractivity contribution is -0.127. The summed E-state index contributed by atoms with van der Waals surface area (Å²) >= 11 is 1.25. The van der Waals surface area contributed by atoms with Gasteiger partial charge in [0, 0.05) is 75.1 Å². The minimum atomic E-state index is -3.30. The number of allylic oxidation sites excluding steroid dienone is 1. The molecule has 0 spiro atoms. The van der Waals surface area contributed by atoms with Crippen LogP contribution in [0.15, 0.2) is 60.7 Å². The number of nitrogens with zero attached hydrogens (tertiary/aromatic N) is 4. The Morgan fingerprint density at radius 3 is 2.36 bits per heavy atom. The summed E-state index contributed by atoms with van der Waals surface area (Å²) in [5, 5.41) is 9.75. The minimum absolute atomic E-state index is 0. The van der Waals surface area contributed by atoms with Gasteiger partial charge in [0.2, 0.25) is 5.91 Å². The SMILES string of the molecule is Cc1nc(-c2ccccc2)sc1C(=O)N1CCC(F)(F)C(=CC(=O)N2CCN(CCCO)CC2)c2ccccc21.Cl.Cl. The molecule has 0 aliphatic carbocycles. The van der Waals surface area contributed by atoms with E-state index in [1.807, 2.05) is 30.3 Å². The van der Waals surface area contributed by atoms with Gasteiger partial charge in [0.05, 0.1) is 11.4 Å². The summed E-state index contributed by atoms with van der Waals surface area (Å²) in [6.45, 7) is 4.52. The monoisotopic (exact) mass is 638 g/mol. The van der Waals surface area contributed by atoms with E-state index in [1.165, 1.54) is 16.2 Å². The fourth-order valence-electron chi connectivity index (χ4n) is 5.16. The second-order valence-electron chi connectivity index (χ2n) is 10.0. The highest BCUT2D eigenvalue weighted by Crippen LogP contribution is 2.44. The molecule has 3 heterocycles. The maximum absolute atomic E-state index is 15.7. The number of hydrogen-bond donors (Lipinski definition) is 1. The van der Waals surface area contributed by atoms with Crippen LogP contribution in [0.1, 0.15) is 33.8 Å². The van der Waals surface area contributed by atoms with Gasteiger partial charge < -0.3 is 14.9 Å². The molecule has 0 unspecified atom stereocenters. The molecule has 7 nitrogen and oxygen atoms in total. The number of rotatable bonds is 6. The van der Waals surface area contributed by atoms with E-state index in [0.29, 0.717) is 53.9 Å². The quantitative estimate of drug-likeness (QED) is 0.358. The van der Waals surface area contributed by atoms with E-state index < -0.39 is 18.3 Å². The third kappa shape index (κ3) is 7.18. The number of piperazine rings is 1. The lowest BCUT2D eigenvalue weighted by atomic mass is 9.96. The van der Waals surface area contributed by atoms with E-state index in [1.54, 1.807) is 36.1 Å². The van der Waals surface area contributed by atoms with E-state index in [4.69, 9.17) is 5.11 Å². The fraction of sp³-hybridized carbons (Fsp3) is 0.367. The highest BCUT2D eigenvalue weighted by atomic mass is 35.5. The summed E-state index contributed by atoms with van der Waals surface area (Å²) in [5.41, 5.74) is 1.60. The van der Waals surface area contributed by atoms with Crippen LogP contribution in [0.2, 0.25) is 0 Å². The van der Waals surface area contributed by atoms with Gasteiger partial charge in [0.1, 0.15) is 9.88 Å². The van der Waals surface area contributed by atoms with E-state index in [2.05, 4.69) is 9.88 Å². The van der Waals surface area contributed by atoms with E-state index in [9.17, 15) is 9.59 Å². The van der Waals surface area contributed by atoms with Gasteiger partial charge in [-0.3, -0.25) is 14.5 Å². The number of benzene rings is 2. The van der Waals surface area contributed by atoms with Gasteiger partial charge in [-0.05, 0) is 19.4 Å². The van der Waals surface area contributed by atoms with Crippen LogP contribution in [0.25, 0.3) is 16.1 Å². The van der Waals surface area contributed by atoms with Crippen LogP contribution in [-0.2, 0) is 4.79 Å². The predicted molar refractivity (Wildman–Crippen MR) is 167 cm³/mol. The van der Waals surface area contributed by atoms with Crippen LogP contribution in [0.3, 0.4) is 0 Å². The number of aliphatic hydroxyl groups excluding tert-OH is 1. The molecule has 12 heteroatoms. The smallest absolute Gasteiger partial charge is 0.275 e. The molecule has 0 bridgehead atoms. The second kappa shape index (κ2) is 14.5. The number of aryl methyl sites for hydroxylation is 1. The Morgan fingerprint density at radius 1 is 1.00 bits per heavy atom. The first-order chi connectivity index (χ1) is 19.3. The van der Waals surface area contributed by atoms with Crippen LogP contribution >= 0.6 is 36.2 Å². The van der Waals surface area contributed by atoms with Crippen LogP contribution in [-0.4, -0.2) is 83.5 Å². The van der Waals surface area contributed by atoms with Gasteiger partial charge in [-0.15, -0.1) is 36.2 Å². The number of fused-ring (bicyclic) bond motifs is 1. The molecule has 2 aromatic carbocycles.